The van der Waals surface area contributed by atoms with Gasteiger partial charge in [-0.25, -0.2) is 4.79 Å². The number of aldehydes is 1. The summed E-state index contributed by atoms with van der Waals surface area (Å²) >= 11 is 2.17. The summed E-state index contributed by atoms with van der Waals surface area (Å²) in [5.41, 5.74) is 0. The van der Waals surface area contributed by atoms with Crippen molar-refractivity contribution in [3.05, 3.63) is 0 Å². The largest absolute Gasteiger partial charge is 0.446 e. The molecule has 0 heterocycles. The predicted molar refractivity (Wildman–Crippen MR) is 73.0 cm³/mol. The van der Waals surface area contributed by atoms with Crippen molar-refractivity contribution < 1.29 is 14.3 Å². The summed E-state index contributed by atoms with van der Waals surface area (Å²) in [5.74, 6) is 0. The molecule has 0 aliphatic heterocycles. The first-order chi connectivity index (χ1) is 8.26. The summed E-state index contributed by atoms with van der Waals surface area (Å²) in [6.45, 7) is 0.502. The van der Waals surface area contributed by atoms with Gasteiger partial charge in [0.05, 0.1) is 0 Å². The molecule has 2 N–H and O–H groups in total. The minimum absolute atomic E-state index is 0.0436. The third kappa shape index (κ3) is 6.21. The van der Waals surface area contributed by atoms with E-state index >= 15 is 0 Å². The molecule has 0 bridgehead atoms. The lowest BCUT2D eigenvalue weighted by Crippen LogP contribution is -2.35. The van der Waals surface area contributed by atoms with Crippen LogP contribution in [0.4, 0.5) is 4.79 Å². The van der Waals surface area contributed by atoms with Crippen LogP contribution in [-0.2, 0) is 9.53 Å². The van der Waals surface area contributed by atoms with Gasteiger partial charge in [-0.2, -0.15) is 0 Å². The summed E-state index contributed by atoms with van der Waals surface area (Å²) in [7, 11) is 0. The number of carbonyl (C=O) groups is 2. The Labute approximate surface area is 116 Å². The highest BCUT2D eigenvalue weighted by molar-refractivity contribution is 14.1. The lowest BCUT2D eigenvalue weighted by atomic mass is 9.94. The van der Waals surface area contributed by atoms with Crippen molar-refractivity contribution in [1.82, 2.24) is 8.85 Å². The van der Waals surface area contributed by atoms with Crippen LogP contribution in [0.1, 0.15) is 38.5 Å². The van der Waals surface area contributed by atoms with Crippen LogP contribution in [0.2, 0.25) is 0 Å². The van der Waals surface area contributed by atoms with E-state index in [-0.39, 0.29) is 12.2 Å². The lowest BCUT2D eigenvalue weighted by molar-refractivity contribution is -0.107. The number of carbonyl (C=O) groups excluding carboxylic acids is 2. The zero-order valence-corrected chi connectivity index (χ0v) is 11.9. The van der Waals surface area contributed by atoms with Gasteiger partial charge in [0, 0.05) is 41.9 Å². The van der Waals surface area contributed by atoms with Crippen molar-refractivity contribution in [2.75, 3.05) is 6.54 Å². The molecule has 17 heavy (non-hydrogen) atoms. The molecule has 1 rings (SSSR count). The Morgan fingerprint density at radius 3 is 2.65 bits per heavy atom. The minimum Gasteiger partial charge on any atom is -0.446 e. The normalized spacial score (nSPS) is 24.1. The van der Waals surface area contributed by atoms with Gasteiger partial charge < -0.3 is 14.8 Å². The van der Waals surface area contributed by atoms with E-state index in [2.05, 4.69) is 31.7 Å². The van der Waals surface area contributed by atoms with Crippen molar-refractivity contribution in [2.24, 2.45) is 0 Å². The van der Waals surface area contributed by atoms with E-state index in [0.29, 0.717) is 25.4 Å². The highest BCUT2D eigenvalue weighted by Gasteiger charge is 2.22. The Kier molecular flexibility index (Phi) is 7.50. The number of unbranched alkanes of at least 4 members (excludes halogenated alkanes) is 1. The van der Waals surface area contributed by atoms with Crippen LogP contribution in [-0.4, -0.2) is 31.1 Å². The number of halogens is 1. The first-order valence-electron chi connectivity index (χ1n) is 6.00. The third-order valence-corrected chi connectivity index (χ3v) is 3.75. The number of ether oxygens (including phenoxy) is 1. The molecule has 0 atom stereocenters. The molecule has 1 saturated carbocycles. The fourth-order valence-corrected chi connectivity index (χ4v) is 2.48. The summed E-state index contributed by atoms with van der Waals surface area (Å²) in [4.78, 5) is 21.5. The molecular weight excluding hydrogens is 335 g/mol. The van der Waals surface area contributed by atoms with Gasteiger partial charge in [0.2, 0.25) is 0 Å². The molecule has 0 unspecified atom stereocenters. The molecule has 0 aromatic carbocycles. The maximum Gasteiger partial charge on any atom is 0.407 e. The average molecular weight is 354 g/mol. The van der Waals surface area contributed by atoms with Gasteiger partial charge in [-0.15, -0.1) is 0 Å². The van der Waals surface area contributed by atoms with Crippen molar-refractivity contribution in [3.63, 3.8) is 0 Å². The van der Waals surface area contributed by atoms with Crippen LogP contribution in [0.5, 0.6) is 0 Å². The maximum absolute atomic E-state index is 11.4. The summed E-state index contributed by atoms with van der Waals surface area (Å²) in [5, 5.41) is 2.65. The number of rotatable bonds is 6. The van der Waals surface area contributed by atoms with Gasteiger partial charge in [-0.05, 0) is 32.1 Å². The van der Waals surface area contributed by atoms with Crippen LogP contribution in [0, 0.1) is 0 Å². The predicted octanol–water partition coefficient (Wildman–Crippen LogP) is 1.94. The number of nitrogens with one attached hydrogen (secondary N) is 2. The van der Waals surface area contributed by atoms with Crippen molar-refractivity contribution in [2.45, 2.75) is 50.7 Å². The number of hydrogen-bond donors (Lipinski definition) is 2. The Bertz CT molecular complexity index is 243. The zero-order valence-electron chi connectivity index (χ0n) is 9.78. The van der Waals surface area contributed by atoms with Crippen molar-refractivity contribution in [3.8, 4) is 0 Å². The fraction of sp³-hybridized carbons (Fsp3) is 0.818. The second-order valence-electron chi connectivity index (χ2n) is 4.22. The van der Waals surface area contributed by atoms with Crippen LogP contribution in [0.3, 0.4) is 0 Å². The minimum atomic E-state index is -0.359. The topological polar surface area (TPSA) is 67.4 Å². The molecule has 1 fully saturated rings. The Morgan fingerprint density at radius 1 is 1.35 bits per heavy atom. The first-order valence-corrected chi connectivity index (χ1v) is 7.08. The van der Waals surface area contributed by atoms with Gasteiger partial charge in [-0.1, -0.05) is 0 Å². The van der Waals surface area contributed by atoms with E-state index in [4.69, 9.17) is 4.74 Å². The summed E-state index contributed by atoms with van der Waals surface area (Å²) in [6, 6.07) is 0.547. The quantitative estimate of drug-likeness (QED) is 0.331. The van der Waals surface area contributed by atoms with Crippen molar-refractivity contribution in [1.29, 1.82) is 0 Å². The molecule has 1 aliphatic carbocycles. The second kappa shape index (κ2) is 8.68. The van der Waals surface area contributed by atoms with Gasteiger partial charge >= 0.3 is 6.09 Å². The summed E-state index contributed by atoms with van der Waals surface area (Å²) < 4.78 is 8.50. The molecular formula is C11H19IN2O3. The second-order valence-corrected chi connectivity index (χ2v) is 4.85. The highest BCUT2D eigenvalue weighted by Crippen LogP contribution is 2.21. The lowest BCUT2D eigenvalue weighted by Gasteiger charge is -2.27. The van der Waals surface area contributed by atoms with Crippen LogP contribution in [0.25, 0.3) is 0 Å². The van der Waals surface area contributed by atoms with Crippen molar-refractivity contribution >= 4 is 35.2 Å². The Balaban J connectivity index is 2.08. The van der Waals surface area contributed by atoms with E-state index in [1.807, 2.05) is 0 Å². The molecule has 0 radical (unpaired) electrons. The summed E-state index contributed by atoms with van der Waals surface area (Å²) in [6.07, 6.45) is 5.62. The molecule has 0 aromatic heterocycles. The smallest absolute Gasteiger partial charge is 0.407 e. The van der Waals surface area contributed by atoms with E-state index in [1.165, 1.54) is 0 Å². The van der Waals surface area contributed by atoms with Gasteiger partial charge in [0.15, 0.2) is 0 Å². The molecule has 6 heteroatoms. The van der Waals surface area contributed by atoms with Gasteiger partial charge in [-0.3, -0.25) is 3.53 Å². The Morgan fingerprint density at radius 2 is 2.06 bits per heavy atom. The SMILES string of the molecule is O=CCCCNC(=O)O[C@H]1CC[C@H](NI)CC1. The monoisotopic (exact) mass is 354 g/mol. The number of alkyl carbamates (subject to hydrolysis) is 1. The highest BCUT2D eigenvalue weighted by atomic mass is 127. The standard InChI is InChI=1S/C11H19IN2O3/c12-14-9-3-5-10(6-4-9)17-11(16)13-7-1-2-8-15/h8-10,14H,1-7H2,(H,13,16)/t9-,10-. The molecule has 98 valence electrons. The van der Waals surface area contributed by atoms with E-state index in [9.17, 15) is 9.59 Å². The zero-order chi connectivity index (χ0) is 12.5. The first kappa shape index (κ1) is 14.7. The number of hydrogen-bond acceptors (Lipinski definition) is 4. The molecule has 5 nitrogen and oxygen atoms in total. The van der Waals surface area contributed by atoms with E-state index in [0.717, 1.165) is 32.0 Å². The Hall–Kier alpha value is -0.370. The molecule has 1 aliphatic rings. The van der Waals surface area contributed by atoms with Crippen LogP contribution < -0.4 is 8.85 Å². The average Bonchev–Trinajstić information content (AvgIpc) is 2.36. The van der Waals surface area contributed by atoms with Gasteiger partial charge in [0.1, 0.15) is 12.4 Å². The number of amides is 1. The molecule has 0 spiro atoms. The molecule has 1 amide bonds. The fourth-order valence-electron chi connectivity index (χ4n) is 1.86. The maximum atomic E-state index is 11.4. The third-order valence-electron chi connectivity index (χ3n) is 2.87. The van der Waals surface area contributed by atoms with Crippen LogP contribution in [0.15, 0.2) is 0 Å². The molecule has 0 saturated heterocycles. The molecule has 0 aromatic rings. The van der Waals surface area contributed by atoms with E-state index < -0.39 is 0 Å². The van der Waals surface area contributed by atoms with Crippen LogP contribution >= 0.6 is 22.9 Å². The van der Waals surface area contributed by atoms with Gasteiger partial charge in [0.25, 0.3) is 0 Å². The van der Waals surface area contributed by atoms with E-state index in [1.54, 1.807) is 0 Å².